The van der Waals surface area contributed by atoms with Crippen LogP contribution in [0.5, 0.6) is 0 Å². The summed E-state index contributed by atoms with van der Waals surface area (Å²) in [5, 5.41) is 18.1. The molecule has 2 aromatic rings. The molecule has 0 heterocycles. The number of nitro benzene ring substituents is 1. The summed E-state index contributed by atoms with van der Waals surface area (Å²) in [6.45, 7) is -0.344. The van der Waals surface area contributed by atoms with Gasteiger partial charge in [0.2, 0.25) is 0 Å². The topological polar surface area (TPSA) is 140 Å². The van der Waals surface area contributed by atoms with Crippen LogP contribution >= 0.6 is 0 Å². The zero-order valence-corrected chi connectivity index (χ0v) is 14.9. The number of hydrogen-bond acceptors (Lipinski definition) is 7. The highest BCUT2D eigenvalue weighted by atomic mass is 16.6. The minimum atomic E-state index is -0.939. The molecule has 3 amide bonds. The van der Waals surface area contributed by atoms with Gasteiger partial charge in [0, 0.05) is 31.4 Å². The van der Waals surface area contributed by atoms with Crippen molar-refractivity contribution in [2.24, 2.45) is 0 Å². The second kappa shape index (κ2) is 9.67. The zero-order chi connectivity index (χ0) is 20.5. The van der Waals surface area contributed by atoms with Crippen LogP contribution in [0.25, 0.3) is 0 Å². The lowest BCUT2D eigenvalue weighted by Gasteiger charge is -2.12. The third kappa shape index (κ3) is 5.80. The molecular weight excluding hydrogens is 368 g/mol. The van der Waals surface area contributed by atoms with Gasteiger partial charge >= 0.3 is 12.0 Å². The fourth-order valence-electron chi connectivity index (χ4n) is 2.20. The number of nitro groups is 1. The van der Waals surface area contributed by atoms with Crippen molar-refractivity contribution >= 4 is 29.3 Å². The Kier molecular flexibility index (Phi) is 7.03. The molecule has 146 valence electrons. The molecule has 0 fully saturated rings. The fraction of sp³-hybridized carbons (Fsp3) is 0.167. The van der Waals surface area contributed by atoms with Gasteiger partial charge in [0.05, 0.1) is 10.5 Å². The summed E-state index contributed by atoms with van der Waals surface area (Å²) in [5.41, 5.74) is 0.848. The smallest absolute Gasteiger partial charge is 0.341 e. The van der Waals surface area contributed by atoms with Crippen LogP contribution in [0.4, 0.5) is 16.2 Å². The van der Waals surface area contributed by atoms with E-state index in [1.165, 1.54) is 19.2 Å². The van der Waals surface area contributed by atoms with Gasteiger partial charge in [-0.25, -0.2) is 9.59 Å². The largest absolute Gasteiger partial charge is 0.452 e. The number of imide groups is 1. The Morgan fingerprint density at radius 1 is 1.11 bits per heavy atom. The summed E-state index contributed by atoms with van der Waals surface area (Å²) >= 11 is 0. The van der Waals surface area contributed by atoms with E-state index in [0.29, 0.717) is 12.2 Å². The number of non-ortho nitro benzene ring substituents is 1. The van der Waals surface area contributed by atoms with Crippen molar-refractivity contribution in [1.82, 2.24) is 10.6 Å². The van der Waals surface area contributed by atoms with Gasteiger partial charge in [-0.3, -0.25) is 20.2 Å². The van der Waals surface area contributed by atoms with Crippen LogP contribution < -0.4 is 16.0 Å². The molecule has 0 unspecified atom stereocenters. The van der Waals surface area contributed by atoms with Crippen LogP contribution in [0.3, 0.4) is 0 Å². The first-order chi connectivity index (χ1) is 13.4. The van der Waals surface area contributed by atoms with E-state index in [-0.39, 0.29) is 11.3 Å². The van der Waals surface area contributed by atoms with Gasteiger partial charge in [-0.2, -0.15) is 0 Å². The van der Waals surface area contributed by atoms with Crippen molar-refractivity contribution in [1.29, 1.82) is 0 Å². The standard InChI is InChI=1S/C18H18N4O6/c1-19-18(25)21-16(23)11-28-17(24)14-9-13(22(26)27)7-8-15(14)20-10-12-5-3-2-4-6-12/h2-9,20H,10-11H2,1H3,(H2,19,21,23,25). The van der Waals surface area contributed by atoms with Gasteiger partial charge in [-0.05, 0) is 11.6 Å². The highest BCUT2D eigenvalue weighted by molar-refractivity contribution is 5.99. The number of ether oxygens (including phenoxy) is 1. The van der Waals surface area contributed by atoms with Gasteiger partial charge in [0.15, 0.2) is 6.61 Å². The third-order valence-corrected chi connectivity index (χ3v) is 3.57. The van der Waals surface area contributed by atoms with Crippen LogP contribution in [0.15, 0.2) is 48.5 Å². The van der Waals surface area contributed by atoms with Crippen LogP contribution in [-0.4, -0.2) is 36.5 Å². The molecule has 0 aliphatic heterocycles. The number of carbonyl (C=O) groups is 3. The molecule has 0 saturated carbocycles. The Morgan fingerprint density at radius 3 is 2.46 bits per heavy atom. The monoisotopic (exact) mass is 386 g/mol. The fourth-order valence-corrected chi connectivity index (χ4v) is 2.20. The lowest BCUT2D eigenvalue weighted by molar-refractivity contribution is -0.384. The summed E-state index contributed by atoms with van der Waals surface area (Å²) in [5.74, 6) is -1.77. The molecule has 10 heteroatoms. The number of amides is 3. The summed E-state index contributed by atoms with van der Waals surface area (Å²) in [7, 11) is 1.32. The average Bonchev–Trinajstić information content (AvgIpc) is 2.70. The predicted molar refractivity (Wildman–Crippen MR) is 99.7 cm³/mol. The number of rotatable bonds is 7. The lowest BCUT2D eigenvalue weighted by Crippen LogP contribution is -2.39. The van der Waals surface area contributed by atoms with Gasteiger partial charge in [0.25, 0.3) is 11.6 Å². The number of esters is 1. The molecule has 2 rings (SSSR count). The normalized spacial score (nSPS) is 9.89. The first kappa shape index (κ1) is 20.4. The van der Waals surface area contributed by atoms with Crippen molar-refractivity contribution in [3.8, 4) is 0 Å². The van der Waals surface area contributed by atoms with Crippen molar-refractivity contribution in [3.63, 3.8) is 0 Å². The molecule has 28 heavy (non-hydrogen) atoms. The SMILES string of the molecule is CNC(=O)NC(=O)COC(=O)c1cc([N+](=O)[O-])ccc1NCc1ccccc1. The molecule has 0 aliphatic carbocycles. The number of anilines is 1. The van der Waals surface area contributed by atoms with Crippen molar-refractivity contribution in [2.75, 3.05) is 19.0 Å². The molecule has 0 saturated heterocycles. The van der Waals surface area contributed by atoms with E-state index in [1.54, 1.807) is 0 Å². The Morgan fingerprint density at radius 2 is 1.82 bits per heavy atom. The minimum Gasteiger partial charge on any atom is -0.452 e. The second-order valence-electron chi connectivity index (χ2n) is 5.53. The Bertz CT molecular complexity index is 885. The van der Waals surface area contributed by atoms with Crippen molar-refractivity contribution < 1.29 is 24.0 Å². The van der Waals surface area contributed by atoms with Crippen LogP contribution in [0, 0.1) is 10.1 Å². The first-order valence-electron chi connectivity index (χ1n) is 8.15. The van der Waals surface area contributed by atoms with Gasteiger partial charge in [-0.15, -0.1) is 0 Å². The van der Waals surface area contributed by atoms with Crippen molar-refractivity contribution in [3.05, 3.63) is 69.8 Å². The number of carbonyl (C=O) groups excluding carboxylic acids is 3. The third-order valence-electron chi connectivity index (χ3n) is 3.57. The average molecular weight is 386 g/mol. The van der Waals surface area contributed by atoms with E-state index in [9.17, 15) is 24.5 Å². The van der Waals surface area contributed by atoms with E-state index in [1.807, 2.05) is 35.6 Å². The summed E-state index contributed by atoms with van der Waals surface area (Å²) in [6, 6.07) is 12.3. The highest BCUT2D eigenvalue weighted by Gasteiger charge is 2.19. The predicted octanol–water partition coefficient (Wildman–Crippen LogP) is 1.82. The Hall–Kier alpha value is -3.95. The summed E-state index contributed by atoms with van der Waals surface area (Å²) in [6.07, 6.45) is 0. The van der Waals surface area contributed by atoms with E-state index in [0.717, 1.165) is 11.6 Å². The van der Waals surface area contributed by atoms with Crippen LogP contribution in [-0.2, 0) is 16.1 Å². The van der Waals surface area contributed by atoms with Gasteiger partial charge in [-0.1, -0.05) is 30.3 Å². The maximum Gasteiger partial charge on any atom is 0.341 e. The lowest BCUT2D eigenvalue weighted by atomic mass is 10.1. The molecule has 10 nitrogen and oxygen atoms in total. The Labute approximate surface area is 160 Å². The number of urea groups is 1. The molecule has 3 N–H and O–H groups in total. The summed E-state index contributed by atoms with van der Waals surface area (Å²) in [4.78, 5) is 45.3. The quantitative estimate of drug-likeness (QED) is 0.374. The summed E-state index contributed by atoms with van der Waals surface area (Å²) < 4.78 is 4.87. The van der Waals surface area contributed by atoms with Crippen molar-refractivity contribution in [2.45, 2.75) is 6.54 Å². The molecule has 2 aromatic carbocycles. The maximum absolute atomic E-state index is 12.3. The van der Waals surface area contributed by atoms with Gasteiger partial charge in [0.1, 0.15) is 0 Å². The maximum atomic E-state index is 12.3. The molecular formula is C18H18N4O6. The Balaban J connectivity index is 2.13. The zero-order valence-electron chi connectivity index (χ0n) is 14.9. The van der Waals surface area contributed by atoms with E-state index < -0.39 is 29.4 Å². The molecule has 0 spiro atoms. The number of nitrogens with zero attached hydrogens (tertiary/aromatic N) is 1. The molecule has 0 radical (unpaired) electrons. The van der Waals surface area contributed by atoms with Crippen LogP contribution in [0.1, 0.15) is 15.9 Å². The number of hydrogen-bond donors (Lipinski definition) is 3. The molecule has 0 bridgehead atoms. The van der Waals surface area contributed by atoms with E-state index in [4.69, 9.17) is 4.74 Å². The molecule has 0 atom stereocenters. The van der Waals surface area contributed by atoms with E-state index in [2.05, 4.69) is 10.6 Å². The van der Waals surface area contributed by atoms with E-state index >= 15 is 0 Å². The highest BCUT2D eigenvalue weighted by Crippen LogP contribution is 2.23. The van der Waals surface area contributed by atoms with Gasteiger partial charge < -0.3 is 15.4 Å². The number of benzene rings is 2. The number of nitrogens with one attached hydrogen (secondary N) is 3. The second-order valence-corrected chi connectivity index (χ2v) is 5.53. The van der Waals surface area contributed by atoms with Crippen LogP contribution in [0.2, 0.25) is 0 Å². The minimum absolute atomic E-state index is 0.0992. The molecule has 0 aliphatic rings. The molecule has 0 aromatic heterocycles. The first-order valence-corrected chi connectivity index (χ1v) is 8.15.